The lowest BCUT2D eigenvalue weighted by Crippen LogP contribution is -2.32. The number of carbonyl (C=O) groups excluding carboxylic acids is 2. The molecule has 0 bridgehead atoms. The van der Waals surface area contributed by atoms with E-state index in [1.165, 1.54) is 12.1 Å². The van der Waals surface area contributed by atoms with Crippen LogP contribution in [0.4, 0.5) is 10.1 Å². The van der Waals surface area contributed by atoms with Gasteiger partial charge in [-0.3, -0.25) is 9.59 Å². The average molecular weight is 373 g/mol. The van der Waals surface area contributed by atoms with Gasteiger partial charge in [0, 0.05) is 19.6 Å². The van der Waals surface area contributed by atoms with Gasteiger partial charge in [0.05, 0.1) is 11.4 Å². The highest BCUT2D eigenvalue weighted by Gasteiger charge is 2.27. The number of hydrogen-bond donors (Lipinski definition) is 2. The van der Waals surface area contributed by atoms with Crippen LogP contribution in [0.1, 0.15) is 39.6 Å². The van der Waals surface area contributed by atoms with Crippen LogP contribution in [0.25, 0.3) is 0 Å². The number of carbonyl (C=O) groups is 2. The number of likely N-dealkylation sites (N-methyl/N-ethyl adjacent to an activating group) is 1. The predicted molar refractivity (Wildman–Crippen MR) is 100 cm³/mol. The molecule has 1 aliphatic heterocycles. The average Bonchev–Trinajstić information content (AvgIpc) is 3.03. The van der Waals surface area contributed by atoms with Crippen molar-refractivity contribution >= 4 is 17.5 Å². The minimum Gasteiger partial charge on any atom is -0.349 e. The highest BCUT2D eigenvalue weighted by Crippen LogP contribution is 2.22. The Hall–Kier alpha value is -2.74. The summed E-state index contributed by atoms with van der Waals surface area (Å²) in [6, 6.07) is 5.96. The van der Waals surface area contributed by atoms with Gasteiger partial charge in [-0.15, -0.1) is 0 Å². The van der Waals surface area contributed by atoms with E-state index in [-0.39, 0.29) is 23.1 Å². The molecule has 1 aliphatic rings. The maximum absolute atomic E-state index is 13.8. The third-order valence-corrected chi connectivity index (χ3v) is 4.50. The van der Waals surface area contributed by atoms with Crippen LogP contribution in [-0.2, 0) is 13.0 Å². The number of anilines is 1. The Morgan fingerprint density at radius 3 is 2.74 bits per heavy atom. The van der Waals surface area contributed by atoms with Crippen molar-refractivity contribution in [3.63, 3.8) is 0 Å². The quantitative estimate of drug-likeness (QED) is 0.811. The molecule has 0 saturated carbocycles. The Labute approximate surface area is 157 Å². The first-order valence-corrected chi connectivity index (χ1v) is 9.05. The Bertz CT molecular complexity index is 847. The summed E-state index contributed by atoms with van der Waals surface area (Å²) in [5, 5.41) is 5.39. The van der Waals surface area contributed by atoms with Crippen LogP contribution in [0, 0.1) is 5.82 Å². The van der Waals surface area contributed by atoms with Gasteiger partial charge in [-0.1, -0.05) is 12.1 Å². The van der Waals surface area contributed by atoms with E-state index in [9.17, 15) is 14.0 Å². The molecule has 3 rings (SSSR count). The van der Waals surface area contributed by atoms with Crippen molar-refractivity contribution in [1.29, 1.82) is 0 Å². The molecule has 0 fully saturated rings. The largest absolute Gasteiger partial charge is 0.349 e. The van der Waals surface area contributed by atoms with E-state index in [0.29, 0.717) is 26.1 Å². The van der Waals surface area contributed by atoms with Gasteiger partial charge in [-0.05, 0) is 45.5 Å². The minimum atomic E-state index is -0.518. The summed E-state index contributed by atoms with van der Waals surface area (Å²) in [5.74, 6) is -1.17. The molecule has 0 saturated heterocycles. The molecule has 27 heavy (non-hydrogen) atoms. The number of imidazole rings is 1. The number of para-hydroxylation sites is 1. The molecule has 1 aromatic heterocycles. The van der Waals surface area contributed by atoms with Gasteiger partial charge >= 0.3 is 0 Å². The molecular formula is C19H24FN5O2. The van der Waals surface area contributed by atoms with E-state index < -0.39 is 11.7 Å². The Balaban J connectivity index is 1.83. The number of benzene rings is 1. The maximum Gasteiger partial charge on any atom is 0.291 e. The van der Waals surface area contributed by atoms with E-state index in [4.69, 9.17) is 0 Å². The second-order valence-corrected chi connectivity index (χ2v) is 6.83. The summed E-state index contributed by atoms with van der Waals surface area (Å²) in [4.78, 5) is 31.5. The summed E-state index contributed by atoms with van der Waals surface area (Å²) < 4.78 is 15.6. The summed E-state index contributed by atoms with van der Waals surface area (Å²) >= 11 is 0. The Morgan fingerprint density at radius 1 is 1.22 bits per heavy atom. The van der Waals surface area contributed by atoms with E-state index >= 15 is 0 Å². The third-order valence-electron chi connectivity index (χ3n) is 4.50. The lowest BCUT2D eigenvalue weighted by atomic mass is 10.1. The molecule has 2 aromatic rings. The molecule has 0 aliphatic carbocycles. The Morgan fingerprint density at radius 2 is 2.00 bits per heavy atom. The van der Waals surface area contributed by atoms with Gasteiger partial charge < -0.3 is 20.1 Å². The fraction of sp³-hybridized carbons (Fsp3) is 0.421. The van der Waals surface area contributed by atoms with Gasteiger partial charge in [0.15, 0.2) is 5.82 Å². The normalized spacial score (nSPS) is 13.3. The molecule has 0 atom stereocenters. The van der Waals surface area contributed by atoms with E-state index in [0.717, 1.165) is 18.5 Å². The number of nitrogens with zero attached hydrogens (tertiary/aromatic N) is 3. The molecule has 8 heteroatoms. The topological polar surface area (TPSA) is 79.3 Å². The highest BCUT2D eigenvalue weighted by molar-refractivity contribution is 6.03. The van der Waals surface area contributed by atoms with Crippen molar-refractivity contribution < 1.29 is 14.0 Å². The first-order valence-electron chi connectivity index (χ1n) is 9.05. The molecule has 7 nitrogen and oxygen atoms in total. The van der Waals surface area contributed by atoms with Gasteiger partial charge in [0.2, 0.25) is 0 Å². The number of amides is 2. The highest BCUT2D eigenvalue weighted by atomic mass is 19.1. The van der Waals surface area contributed by atoms with Crippen molar-refractivity contribution in [2.45, 2.75) is 25.8 Å². The summed E-state index contributed by atoms with van der Waals surface area (Å²) in [6.07, 6.45) is 2.54. The zero-order chi connectivity index (χ0) is 19.4. The molecule has 0 unspecified atom stereocenters. The molecule has 2 N–H and O–H groups in total. The zero-order valence-corrected chi connectivity index (χ0v) is 15.6. The summed E-state index contributed by atoms with van der Waals surface area (Å²) in [5.41, 5.74) is 1.14. The molecule has 144 valence electrons. The zero-order valence-electron chi connectivity index (χ0n) is 15.6. The van der Waals surface area contributed by atoms with Crippen LogP contribution in [0.5, 0.6) is 0 Å². The smallest absolute Gasteiger partial charge is 0.291 e. The molecule has 1 aromatic carbocycles. The fourth-order valence-electron chi connectivity index (χ4n) is 3.12. The summed E-state index contributed by atoms with van der Waals surface area (Å²) in [6.45, 7) is 1.82. The number of fused-ring (bicyclic) bond motifs is 1. The van der Waals surface area contributed by atoms with Crippen molar-refractivity contribution in [2.24, 2.45) is 0 Å². The Kier molecular flexibility index (Phi) is 5.85. The maximum atomic E-state index is 13.8. The van der Waals surface area contributed by atoms with Crippen LogP contribution < -0.4 is 10.6 Å². The van der Waals surface area contributed by atoms with Gasteiger partial charge in [0.25, 0.3) is 11.8 Å². The molecule has 2 heterocycles. The molecule has 0 spiro atoms. The molecular weight excluding hydrogens is 349 g/mol. The van der Waals surface area contributed by atoms with Gasteiger partial charge in [0.1, 0.15) is 11.5 Å². The number of hydrogen-bond acceptors (Lipinski definition) is 4. The van der Waals surface area contributed by atoms with E-state index in [1.807, 2.05) is 19.0 Å². The standard InChI is InChI=1S/C19H24FN5O2/c1-24(2)12-10-21-18(26)16-15-9-5-6-11-25(15)17(23-16)19(27)22-14-8-4-3-7-13(14)20/h3-4,7-8H,5-6,9-12H2,1-2H3,(H,21,26)(H,22,27). The van der Waals surface area contributed by atoms with Gasteiger partial charge in [-0.25, -0.2) is 9.37 Å². The van der Waals surface area contributed by atoms with E-state index in [1.54, 1.807) is 16.7 Å². The third kappa shape index (κ3) is 4.33. The first kappa shape index (κ1) is 19.0. The van der Waals surface area contributed by atoms with Gasteiger partial charge in [-0.2, -0.15) is 0 Å². The number of rotatable bonds is 6. The van der Waals surface area contributed by atoms with E-state index in [2.05, 4.69) is 15.6 Å². The second kappa shape index (κ2) is 8.30. The van der Waals surface area contributed by atoms with Crippen molar-refractivity contribution in [3.8, 4) is 0 Å². The van der Waals surface area contributed by atoms with Crippen LogP contribution in [-0.4, -0.2) is 53.5 Å². The second-order valence-electron chi connectivity index (χ2n) is 6.83. The molecule has 2 amide bonds. The number of nitrogens with one attached hydrogen (secondary N) is 2. The number of halogens is 1. The minimum absolute atomic E-state index is 0.0904. The fourth-order valence-corrected chi connectivity index (χ4v) is 3.12. The van der Waals surface area contributed by atoms with Crippen molar-refractivity contribution in [3.05, 3.63) is 47.3 Å². The van der Waals surface area contributed by atoms with Crippen molar-refractivity contribution in [1.82, 2.24) is 19.8 Å². The predicted octanol–water partition coefficient (Wildman–Crippen LogP) is 1.90. The first-order chi connectivity index (χ1) is 13.0. The molecule has 0 radical (unpaired) electrons. The van der Waals surface area contributed by atoms with Crippen molar-refractivity contribution in [2.75, 3.05) is 32.5 Å². The lowest BCUT2D eigenvalue weighted by Gasteiger charge is -2.17. The van der Waals surface area contributed by atoms with Crippen LogP contribution in [0.3, 0.4) is 0 Å². The lowest BCUT2D eigenvalue weighted by molar-refractivity contribution is 0.0945. The van der Waals surface area contributed by atoms with Crippen LogP contribution in [0.2, 0.25) is 0 Å². The van der Waals surface area contributed by atoms with Crippen LogP contribution >= 0.6 is 0 Å². The SMILES string of the molecule is CN(C)CCNC(=O)c1nc(C(=O)Nc2ccccc2F)n2c1CCCC2. The summed E-state index contributed by atoms with van der Waals surface area (Å²) in [7, 11) is 3.85. The van der Waals surface area contributed by atoms with Crippen LogP contribution in [0.15, 0.2) is 24.3 Å². The number of aromatic nitrogens is 2. The monoisotopic (exact) mass is 373 g/mol.